The van der Waals surface area contributed by atoms with E-state index in [4.69, 9.17) is 0 Å². The van der Waals surface area contributed by atoms with Crippen molar-refractivity contribution in [3.63, 3.8) is 0 Å². The molecule has 0 nitrogen and oxygen atoms in total. The van der Waals surface area contributed by atoms with E-state index in [1.54, 1.807) is 11.1 Å². The van der Waals surface area contributed by atoms with E-state index in [0.717, 1.165) is 6.42 Å². The molecule has 19 heavy (non-hydrogen) atoms. The SMILES string of the molecule is Cc1ccc2c(c1)=CCc1c3c(ccc1=2)=CCCC3. The summed E-state index contributed by atoms with van der Waals surface area (Å²) < 4.78 is 0. The van der Waals surface area contributed by atoms with E-state index in [2.05, 4.69) is 49.4 Å². The molecule has 0 heterocycles. The van der Waals surface area contributed by atoms with Crippen LogP contribution in [0.15, 0.2) is 30.3 Å². The van der Waals surface area contributed by atoms with Gasteiger partial charge in [0.2, 0.25) is 0 Å². The molecule has 0 atom stereocenters. The Hall–Kier alpha value is -1.82. The Morgan fingerprint density at radius 1 is 0.842 bits per heavy atom. The fourth-order valence-corrected chi connectivity index (χ4v) is 3.53. The van der Waals surface area contributed by atoms with Crippen molar-refractivity contribution in [1.82, 2.24) is 0 Å². The van der Waals surface area contributed by atoms with Gasteiger partial charge in [-0.15, -0.1) is 0 Å². The molecule has 0 amide bonds. The van der Waals surface area contributed by atoms with Crippen LogP contribution in [0.2, 0.25) is 0 Å². The van der Waals surface area contributed by atoms with Crippen LogP contribution in [-0.4, -0.2) is 0 Å². The van der Waals surface area contributed by atoms with Crippen molar-refractivity contribution in [2.75, 3.05) is 0 Å². The van der Waals surface area contributed by atoms with Crippen molar-refractivity contribution in [2.45, 2.75) is 32.6 Å². The number of hydrogen-bond acceptors (Lipinski definition) is 0. The van der Waals surface area contributed by atoms with Gasteiger partial charge in [0, 0.05) is 0 Å². The third-order valence-electron chi connectivity index (χ3n) is 4.49. The Bertz CT molecular complexity index is 869. The van der Waals surface area contributed by atoms with E-state index >= 15 is 0 Å². The smallest absolute Gasteiger partial charge is 0.00791 e. The van der Waals surface area contributed by atoms with E-state index in [1.807, 2.05) is 0 Å². The standard InChI is InChI=1S/C19H18/c1-13-6-9-17-15(12-13)8-11-18-16-5-3-2-4-14(16)7-10-19(17)18/h4,6-10,12H,2-3,5,11H2,1H3. The van der Waals surface area contributed by atoms with Crippen LogP contribution in [0.4, 0.5) is 0 Å². The molecular formula is C19H18. The lowest BCUT2D eigenvalue weighted by Gasteiger charge is -2.16. The van der Waals surface area contributed by atoms with Crippen LogP contribution in [-0.2, 0) is 12.8 Å². The van der Waals surface area contributed by atoms with Gasteiger partial charge >= 0.3 is 0 Å². The summed E-state index contributed by atoms with van der Waals surface area (Å²) in [6.07, 6.45) is 9.71. The van der Waals surface area contributed by atoms with Gasteiger partial charge in [0.05, 0.1) is 0 Å². The molecule has 0 spiro atoms. The minimum absolute atomic E-state index is 1.10. The van der Waals surface area contributed by atoms with Crippen LogP contribution in [0.5, 0.6) is 0 Å². The summed E-state index contributed by atoms with van der Waals surface area (Å²) >= 11 is 0. The van der Waals surface area contributed by atoms with Gasteiger partial charge in [0.15, 0.2) is 0 Å². The predicted molar refractivity (Wildman–Crippen MR) is 80.1 cm³/mol. The van der Waals surface area contributed by atoms with Crippen LogP contribution < -0.4 is 10.4 Å². The number of rotatable bonds is 0. The molecule has 0 fully saturated rings. The zero-order chi connectivity index (χ0) is 12.8. The Morgan fingerprint density at radius 3 is 2.68 bits per heavy atom. The highest BCUT2D eigenvalue weighted by Gasteiger charge is 2.11. The Balaban J connectivity index is 2.21. The minimum Gasteiger partial charge on any atom is -0.0770 e. The Kier molecular flexibility index (Phi) is 2.38. The highest BCUT2D eigenvalue weighted by molar-refractivity contribution is 5.47. The van der Waals surface area contributed by atoms with Crippen molar-refractivity contribution < 1.29 is 0 Å². The van der Waals surface area contributed by atoms with Gasteiger partial charge in [-0.3, -0.25) is 0 Å². The van der Waals surface area contributed by atoms with Crippen molar-refractivity contribution in [3.05, 3.63) is 67.9 Å². The number of fused-ring (bicyclic) bond motifs is 4. The molecule has 94 valence electrons. The Labute approximate surface area is 113 Å². The molecule has 0 aliphatic heterocycles. The normalized spacial score (nSPS) is 15.6. The summed E-state index contributed by atoms with van der Waals surface area (Å²) in [6, 6.07) is 11.5. The molecule has 0 aromatic heterocycles. The third-order valence-corrected chi connectivity index (χ3v) is 4.49. The maximum atomic E-state index is 2.41. The molecule has 0 bridgehead atoms. The number of hydrogen-bond donors (Lipinski definition) is 0. The van der Waals surface area contributed by atoms with Crippen molar-refractivity contribution >= 4 is 12.2 Å². The van der Waals surface area contributed by atoms with Crippen molar-refractivity contribution in [1.29, 1.82) is 0 Å². The molecule has 0 saturated heterocycles. The van der Waals surface area contributed by atoms with E-state index in [1.165, 1.54) is 45.7 Å². The molecule has 2 aliphatic rings. The number of aryl methyl sites for hydroxylation is 1. The first kappa shape index (κ1) is 11.0. The number of benzene rings is 2. The molecule has 0 radical (unpaired) electrons. The van der Waals surface area contributed by atoms with Gasteiger partial charge in [-0.25, -0.2) is 0 Å². The summed E-state index contributed by atoms with van der Waals surface area (Å²) in [4.78, 5) is 0. The second kappa shape index (κ2) is 4.09. The average molecular weight is 246 g/mol. The summed E-state index contributed by atoms with van der Waals surface area (Å²) in [7, 11) is 0. The monoisotopic (exact) mass is 246 g/mol. The van der Waals surface area contributed by atoms with E-state index in [0.29, 0.717) is 0 Å². The fraction of sp³-hybridized carbons (Fsp3) is 0.263. The largest absolute Gasteiger partial charge is 0.0770 e. The molecule has 0 heteroatoms. The van der Waals surface area contributed by atoms with Crippen molar-refractivity contribution in [2.24, 2.45) is 0 Å². The van der Waals surface area contributed by atoms with Crippen LogP contribution in [0, 0.1) is 17.4 Å². The van der Waals surface area contributed by atoms with E-state index < -0.39 is 0 Å². The van der Waals surface area contributed by atoms with Gasteiger partial charge in [-0.05, 0) is 64.6 Å². The molecular weight excluding hydrogens is 228 g/mol. The van der Waals surface area contributed by atoms with Gasteiger partial charge in [0.25, 0.3) is 0 Å². The second-order valence-electron chi connectivity index (χ2n) is 5.75. The molecule has 2 aliphatic carbocycles. The van der Waals surface area contributed by atoms with E-state index in [-0.39, 0.29) is 0 Å². The molecule has 0 saturated carbocycles. The maximum Gasteiger partial charge on any atom is -0.00791 e. The van der Waals surface area contributed by atoms with E-state index in [9.17, 15) is 0 Å². The lowest BCUT2D eigenvalue weighted by Crippen LogP contribution is -2.19. The third kappa shape index (κ3) is 1.67. The fourth-order valence-electron chi connectivity index (χ4n) is 3.53. The Morgan fingerprint density at radius 2 is 1.74 bits per heavy atom. The molecule has 4 rings (SSSR count). The quantitative estimate of drug-likeness (QED) is 0.670. The lowest BCUT2D eigenvalue weighted by atomic mass is 9.89. The molecule has 2 aromatic carbocycles. The average Bonchev–Trinajstić information content (AvgIpc) is 2.46. The first-order chi connectivity index (χ1) is 9.33. The first-order valence-corrected chi connectivity index (χ1v) is 7.25. The first-order valence-electron chi connectivity index (χ1n) is 7.25. The van der Waals surface area contributed by atoms with Gasteiger partial charge < -0.3 is 0 Å². The highest BCUT2D eigenvalue weighted by atomic mass is 14.2. The molecule has 0 N–H and O–H groups in total. The van der Waals surface area contributed by atoms with Gasteiger partial charge in [-0.2, -0.15) is 0 Å². The minimum atomic E-state index is 1.10. The van der Waals surface area contributed by atoms with Gasteiger partial charge in [0.1, 0.15) is 0 Å². The van der Waals surface area contributed by atoms with Crippen LogP contribution >= 0.6 is 0 Å². The summed E-state index contributed by atoms with van der Waals surface area (Å²) in [5.74, 6) is 0. The van der Waals surface area contributed by atoms with Crippen LogP contribution in [0.1, 0.15) is 29.5 Å². The van der Waals surface area contributed by atoms with Crippen LogP contribution in [0.3, 0.4) is 0 Å². The second-order valence-corrected chi connectivity index (χ2v) is 5.75. The van der Waals surface area contributed by atoms with Gasteiger partial charge in [-0.1, -0.05) is 48.0 Å². The highest BCUT2D eigenvalue weighted by Crippen LogP contribution is 2.17. The summed E-state index contributed by atoms with van der Waals surface area (Å²) in [5, 5.41) is 5.77. The molecule has 0 unspecified atom stereocenters. The zero-order valence-corrected chi connectivity index (χ0v) is 11.4. The lowest BCUT2D eigenvalue weighted by molar-refractivity contribution is 0.824. The van der Waals surface area contributed by atoms with Crippen molar-refractivity contribution in [3.8, 4) is 0 Å². The summed E-state index contributed by atoms with van der Waals surface area (Å²) in [5.41, 5.74) is 4.53. The zero-order valence-electron chi connectivity index (χ0n) is 11.4. The predicted octanol–water partition coefficient (Wildman–Crippen LogP) is 2.74. The molecule has 2 aromatic rings. The maximum absolute atomic E-state index is 2.41. The summed E-state index contributed by atoms with van der Waals surface area (Å²) in [6.45, 7) is 2.17. The topological polar surface area (TPSA) is 0 Å². The van der Waals surface area contributed by atoms with Crippen LogP contribution in [0.25, 0.3) is 12.2 Å².